The van der Waals surface area contributed by atoms with Crippen molar-refractivity contribution in [1.82, 2.24) is 10.2 Å². The molecule has 0 radical (unpaired) electrons. The van der Waals surface area contributed by atoms with E-state index in [0.717, 1.165) is 11.8 Å². The monoisotopic (exact) mass is 291 g/mol. The van der Waals surface area contributed by atoms with Gasteiger partial charge in [0.1, 0.15) is 6.04 Å². The van der Waals surface area contributed by atoms with Gasteiger partial charge < -0.3 is 15.0 Å². The molecule has 1 N–H and O–H groups in total. The number of ether oxygens (including phenoxy) is 1. The summed E-state index contributed by atoms with van der Waals surface area (Å²) in [6.07, 6.45) is 0.877. The van der Waals surface area contributed by atoms with Crippen LogP contribution in [-0.2, 0) is 16.1 Å². The predicted molar refractivity (Wildman–Crippen MR) is 75.5 cm³/mol. The number of rotatable bonds is 5. The summed E-state index contributed by atoms with van der Waals surface area (Å²) >= 11 is 0. The number of hydrogen-bond donors (Lipinski definition) is 1. The van der Waals surface area contributed by atoms with Crippen molar-refractivity contribution in [2.45, 2.75) is 19.5 Å². The molecule has 1 aromatic carbocycles. The van der Waals surface area contributed by atoms with Crippen LogP contribution in [0.2, 0.25) is 0 Å². The minimum Gasteiger partial charge on any atom is -0.464 e. The van der Waals surface area contributed by atoms with Gasteiger partial charge in [-0.1, -0.05) is 30.3 Å². The zero-order valence-electron chi connectivity index (χ0n) is 11.7. The van der Waals surface area contributed by atoms with Crippen molar-refractivity contribution in [2.24, 2.45) is 0 Å². The van der Waals surface area contributed by atoms with Gasteiger partial charge >= 0.3 is 5.97 Å². The molecule has 1 unspecified atom stereocenters. The molecule has 7 heteroatoms. The quantitative estimate of drug-likeness (QED) is 0.497. The molecule has 7 nitrogen and oxygen atoms in total. The molecule has 1 heterocycles. The van der Waals surface area contributed by atoms with Crippen LogP contribution in [0.1, 0.15) is 12.5 Å². The Morgan fingerprint density at radius 2 is 2.24 bits per heavy atom. The van der Waals surface area contributed by atoms with Crippen molar-refractivity contribution < 1.29 is 14.5 Å². The van der Waals surface area contributed by atoms with Crippen LogP contribution in [0.5, 0.6) is 0 Å². The molecule has 0 amide bonds. The lowest BCUT2D eigenvalue weighted by Gasteiger charge is -2.23. The van der Waals surface area contributed by atoms with Crippen LogP contribution in [0, 0.1) is 10.1 Å². The number of nitrogens with one attached hydrogen (secondary N) is 1. The summed E-state index contributed by atoms with van der Waals surface area (Å²) in [5.74, 6) is -0.0606. The highest BCUT2D eigenvalue weighted by Crippen LogP contribution is 2.19. The number of carbonyl (C=O) groups is 1. The van der Waals surface area contributed by atoms with Gasteiger partial charge in [-0.05, 0) is 12.5 Å². The summed E-state index contributed by atoms with van der Waals surface area (Å²) in [5, 5.41) is 13.6. The van der Waals surface area contributed by atoms with E-state index >= 15 is 0 Å². The Hall–Kier alpha value is -2.57. The first-order valence-corrected chi connectivity index (χ1v) is 6.68. The van der Waals surface area contributed by atoms with Crippen LogP contribution < -0.4 is 5.32 Å². The largest absolute Gasteiger partial charge is 0.464 e. The fourth-order valence-electron chi connectivity index (χ4n) is 2.23. The number of carbonyl (C=O) groups excluding carboxylic acids is 1. The highest BCUT2D eigenvalue weighted by molar-refractivity contribution is 5.77. The number of esters is 1. The van der Waals surface area contributed by atoms with E-state index in [1.165, 1.54) is 0 Å². The van der Waals surface area contributed by atoms with Gasteiger partial charge in [-0.2, -0.15) is 0 Å². The molecule has 2 rings (SSSR count). The third-order valence-electron chi connectivity index (χ3n) is 3.14. The van der Waals surface area contributed by atoms with Gasteiger partial charge in [0, 0.05) is 13.1 Å². The summed E-state index contributed by atoms with van der Waals surface area (Å²) in [4.78, 5) is 23.8. The zero-order valence-corrected chi connectivity index (χ0v) is 11.7. The molecule has 112 valence electrons. The van der Waals surface area contributed by atoms with Gasteiger partial charge in [0.15, 0.2) is 5.82 Å². The molecule has 1 aromatic rings. The molecule has 1 fully saturated rings. The maximum atomic E-state index is 12.0. The highest BCUT2D eigenvalue weighted by Gasteiger charge is 2.36. The van der Waals surface area contributed by atoms with Crippen LogP contribution in [0.4, 0.5) is 0 Å². The highest BCUT2D eigenvalue weighted by atomic mass is 16.6. The van der Waals surface area contributed by atoms with Crippen LogP contribution in [0.15, 0.2) is 42.4 Å². The molecule has 0 saturated carbocycles. The lowest BCUT2D eigenvalue weighted by molar-refractivity contribution is -0.404. The van der Waals surface area contributed by atoms with Crippen molar-refractivity contribution in [3.05, 3.63) is 58.0 Å². The molecule has 21 heavy (non-hydrogen) atoms. The van der Waals surface area contributed by atoms with E-state index in [9.17, 15) is 14.9 Å². The Balaban J connectivity index is 2.22. The lowest BCUT2D eigenvalue weighted by Crippen LogP contribution is -2.38. The average Bonchev–Trinajstić information content (AvgIpc) is 2.82. The second kappa shape index (κ2) is 6.74. The first-order valence-electron chi connectivity index (χ1n) is 6.68. The molecular formula is C14H17N3O4. The van der Waals surface area contributed by atoms with Gasteiger partial charge in [-0.3, -0.25) is 10.1 Å². The third kappa shape index (κ3) is 3.71. The first kappa shape index (κ1) is 14.8. The van der Waals surface area contributed by atoms with Crippen LogP contribution >= 0.6 is 0 Å². The van der Waals surface area contributed by atoms with Gasteiger partial charge in [0.25, 0.3) is 6.20 Å². The molecule has 0 aromatic heterocycles. The van der Waals surface area contributed by atoms with E-state index in [1.807, 2.05) is 30.3 Å². The van der Waals surface area contributed by atoms with Gasteiger partial charge in [-0.15, -0.1) is 0 Å². The predicted octanol–water partition coefficient (Wildman–Crippen LogP) is 1.10. The molecule has 1 saturated heterocycles. The summed E-state index contributed by atoms with van der Waals surface area (Å²) < 4.78 is 5.03. The SMILES string of the molecule is CCOC(=O)C1CN/C(=C\[N+](=O)[O-])N1Cc1ccccc1. The van der Waals surface area contributed by atoms with E-state index < -0.39 is 11.0 Å². The Morgan fingerprint density at radius 3 is 2.86 bits per heavy atom. The molecule has 0 spiro atoms. The second-order valence-electron chi connectivity index (χ2n) is 4.56. The molecule has 0 bridgehead atoms. The van der Waals surface area contributed by atoms with Crippen LogP contribution in [0.3, 0.4) is 0 Å². The molecule has 1 aliphatic rings. The lowest BCUT2D eigenvalue weighted by atomic mass is 10.2. The van der Waals surface area contributed by atoms with Crippen molar-refractivity contribution in [2.75, 3.05) is 13.2 Å². The van der Waals surface area contributed by atoms with E-state index in [-0.39, 0.29) is 12.6 Å². The number of benzene rings is 1. The van der Waals surface area contributed by atoms with Crippen LogP contribution in [0.25, 0.3) is 0 Å². The number of nitro groups is 1. The Morgan fingerprint density at radius 1 is 1.52 bits per heavy atom. The number of hydrogen-bond acceptors (Lipinski definition) is 6. The zero-order chi connectivity index (χ0) is 15.2. The summed E-state index contributed by atoms with van der Waals surface area (Å²) in [7, 11) is 0. The molecular weight excluding hydrogens is 274 g/mol. The fourth-order valence-corrected chi connectivity index (χ4v) is 2.23. The Kier molecular flexibility index (Phi) is 4.76. The van der Waals surface area contributed by atoms with Crippen molar-refractivity contribution in [3.8, 4) is 0 Å². The van der Waals surface area contributed by atoms with Crippen molar-refractivity contribution >= 4 is 5.97 Å². The minimum absolute atomic E-state index is 0.281. The molecule has 1 atom stereocenters. The van der Waals surface area contributed by atoms with Crippen molar-refractivity contribution in [3.63, 3.8) is 0 Å². The Bertz CT molecular complexity index is 544. The Labute approximate surface area is 122 Å². The summed E-state index contributed by atoms with van der Waals surface area (Å²) in [6.45, 7) is 2.71. The van der Waals surface area contributed by atoms with Gasteiger partial charge in [0.2, 0.25) is 0 Å². The van der Waals surface area contributed by atoms with E-state index in [4.69, 9.17) is 4.74 Å². The second-order valence-corrected chi connectivity index (χ2v) is 4.56. The smallest absolute Gasteiger partial charge is 0.330 e. The number of nitrogens with zero attached hydrogens (tertiary/aromatic N) is 2. The molecule has 0 aliphatic carbocycles. The van der Waals surface area contributed by atoms with E-state index in [1.54, 1.807) is 11.8 Å². The third-order valence-corrected chi connectivity index (χ3v) is 3.14. The van der Waals surface area contributed by atoms with E-state index in [0.29, 0.717) is 18.9 Å². The van der Waals surface area contributed by atoms with E-state index in [2.05, 4.69) is 5.32 Å². The normalized spacial score (nSPS) is 19.4. The standard InChI is InChI=1S/C14H17N3O4/c1-2-21-14(18)12-8-15-13(10-17(19)20)16(12)9-11-6-4-3-5-7-11/h3-7,10,12,15H,2,8-9H2,1H3/b13-10+. The van der Waals surface area contributed by atoms with Crippen molar-refractivity contribution in [1.29, 1.82) is 0 Å². The maximum Gasteiger partial charge on any atom is 0.330 e. The summed E-state index contributed by atoms with van der Waals surface area (Å²) in [5.41, 5.74) is 0.963. The maximum absolute atomic E-state index is 12.0. The minimum atomic E-state index is -0.559. The van der Waals surface area contributed by atoms with Gasteiger partial charge in [-0.25, -0.2) is 4.79 Å². The van der Waals surface area contributed by atoms with Crippen LogP contribution in [-0.4, -0.2) is 35.0 Å². The van der Waals surface area contributed by atoms with Gasteiger partial charge in [0.05, 0.1) is 11.5 Å². The average molecular weight is 291 g/mol. The molecule has 1 aliphatic heterocycles. The topological polar surface area (TPSA) is 84.7 Å². The summed E-state index contributed by atoms with van der Waals surface area (Å²) in [6, 6.07) is 8.91. The first-order chi connectivity index (χ1) is 10.1. The fraction of sp³-hybridized carbons (Fsp3) is 0.357.